The van der Waals surface area contributed by atoms with Crippen LogP contribution in [0, 0.1) is 0 Å². The number of carbonyl (C=O) groups is 1. The summed E-state index contributed by atoms with van der Waals surface area (Å²) in [6.45, 7) is 7.51. The fraction of sp³-hybridized carbons (Fsp3) is 0.364. The molecule has 0 aliphatic carbocycles. The minimum Gasteiger partial charge on any atom is -0.359 e. The van der Waals surface area contributed by atoms with E-state index in [9.17, 15) is 4.79 Å². The first-order chi connectivity index (χ1) is 6.15. The van der Waals surface area contributed by atoms with Crippen molar-refractivity contribution in [3.63, 3.8) is 0 Å². The molecule has 0 aromatic rings. The fourth-order valence-corrected chi connectivity index (χ4v) is 1.01. The molecule has 0 saturated heterocycles. The summed E-state index contributed by atoms with van der Waals surface area (Å²) in [6, 6.07) is 0. The SMILES string of the molecule is C=C/C=C(C)\C(=C/C)CC(=O)NC. The minimum atomic E-state index is 0.0323. The van der Waals surface area contributed by atoms with Crippen molar-refractivity contribution in [1.29, 1.82) is 0 Å². The summed E-state index contributed by atoms with van der Waals surface area (Å²) in [5, 5.41) is 2.59. The molecule has 0 saturated carbocycles. The van der Waals surface area contributed by atoms with E-state index in [4.69, 9.17) is 0 Å². The maximum atomic E-state index is 11.1. The van der Waals surface area contributed by atoms with E-state index in [2.05, 4.69) is 11.9 Å². The molecular weight excluding hydrogens is 162 g/mol. The Bertz CT molecular complexity index is 249. The van der Waals surface area contributed by atoms with E-state index in [0.29, 0.717) is 6.42 Å². The van der Waals surface area contributed by atoms with Crippen LogP contribution in [0.15, 0.2) is 36.0 Å². The molecule has 0 atom stereocenters. The molecule has 72 valence electrons. The highest BCUT2D eigenvalue weighted by atomic mass is 16.1. The monoisotopic (exact) mass is 179 g/mol. The van der Waals surface area contributed by atoms with Gasteiger partial charge in [-0.1, -0.05) is 24.8 Å². The van der Waals surface area contributed by atoms with Gasteiger partial charge in [-0.05, 0) is 25.0 Å². The van der Waals surface area contributed by atoms with Crippen LogP contribution in [0.4, 0.5) is 0 Å². The van der Waals surface area contributed by atoms with Gasteiger partial charge < -0.3 is 5.32 Å². The van der Waals surface area contributed by atoms with Gasteiger partial charge in [0.1, 0.15) is 0 Å². The summed E-state index contributed by atoms with van der Waals surface area (Å²) in [5.41, 5.74) is 2.13. The highest BCUT2D eigenvalue weighted by molar-refractivity contribution is 5.79. The molecule has 1 N–H and O–H groups in total. The van der Waals surface area contributed by atoms with Gasteiger partial charge in [-0.25, -0.2) is 0 Å². The van der Waals surface area contributed by atoms with Crippen molar-refractivity contribution in [2.45, 2.75) is 20.3 Å². The third kappa shape index (κ3) is 4.31. The Morgan fingerprint density at radius 3 is 2.54 bits per heavy atom. The average Bonchev–Trinajstić information content (AvgIpc) is 2.14. The predicted octanol–water partition coefficient (Wildman–Crippen LogP) is 2.20. The van der Waals surface area contributed by atoms with Crippen molar-refractivity contribution in [2.24, 2.45) is 0 Å². The van der Waals surface area contributed by atoms with E-state index >= 15 is 0 Å². The molecule has 0 aliphatic heterocycles. The molecule has 2 nitrogen and oxygen atoms in total. The molecule has 0 aromatic heterocycles. The topological polar surface area (TPSA) is 29.1 Å². The number of amides is 1. The smallest absolute Gasteiger partial charge is 0.224 e. The van der Waals surface area contributed by atoms with Gasteiger partial charge in [0.05, 0.1) is 6.42 Å². The third-order valence-corrected chi connectivity index (χ3v) is 1.85. The molecule has 0 bridgehead atoms. The Balaban J connectivity index is 4.46. The largest absolute Gasteiger partial charge is 0.359 e. The zero-order chi connectivity index (χ0) is 10.3. The van der Waals surface area contributed by atoms with Crippen LogP contribution in [0.3, 0.4) is 0 Å². The molecule has 1 amide bonds. The summed E-state index contributed by atoms with van der Waals surface area (Å²) >= 11 is 0. The van der Waals surface area contributed by atoms with E-state index in [-0.39, 0.29) is 5.91 Å². The first-order valence-electron chi connectivity index (χ1n) is 4.31. The van der Waals surface area contributed by atoms with Gasteiger partial charge in [-0.2, -0.15) is 0 Å². The zero-order valence-corrected chi connectivity index (χ0v) is 8.55. The van der Waals surface area contributed by atoms with Crippen LogP contribution in [0.5, 0.6) is 0 Å². The Morgan fingerprint density at radius 1 is 1.54 bits per heavy atom. The van der Waals surface area contributed by atoms with Crippen LogP contribution in [0.1, 0.15) is 20.3 Å². The van der Waals surface area contributed by atoms with Gasteiger partial charge in [0.25, 0.3) is 0 Å². The number of rotatable bonds is 4. The lowest BCUT2D eigenvalue weighted by Crippen LogP contribution is -2.18. The maximum absolute atomic E-state index is 11.1. The number of nitrogens with one attached hydrogen (secondary N) is 1. The molecule has 13 heavy (non-hydrogen) atoms. The highest BCUT2D eigenvalue weighted by Crippen LogP contribution is 2.13. The van der Waals surface area contributed by atoms with Crippen molar-refractivity contribution in [2.75, 3.05) is 7.05 Å². The Morgan fingerprint density at radius 2 is 2.15 bits per heavy atom. The van der Waals surface area contributed by atoms with Crippen LogP contribution >= 0.6 is 0 Å². The molecule has 0 heterocycles. The van der Waals surface area contributed by atoms with E-state index in [1.54, 1.807) is 13.1 Å². The number of allylic oxidation sites excluding steroid dienone is 4. The van der Waals surface area contributed by atoms with Crippen LogP contribution in [0.2, 0.25) is 0 Å². The summed E-state index contributed by atoms with van der Waals surface area (Å²) in [5.74, 6) is 0.0323. The van der Waals surface area contributed by atoms with Crippen molar-refractivity contribution in [3.05, 3.63) is 36.0 Å². The van der Waals surface area contributed by atoms with Crippen molar-refractivity contribution in [3.8, 4) is 0 Å². The molecule has 0 radical (unpaired) electrons. The van der Waals surface area contributed by atoms with Gasteiger partial charge in [0, 0.05) is 7.05 Å². The van der Waals surface area contributed by atoms with E-state index < -0.39 is 0 Å². The highest BCUT2D eigenvalue weighted by Gasteiger charge is 2.03. The van der Waals surface area contributed by atoms with E-state index in [0.717, 1.165) is 11.1 Å². The summed E-state index contributed by atoms with van der Waals surface area (Å²) in [4.78, 5) is 11.1. The van der Waals surface area contributed by atoms with Gasteiger partial charge in [0.2, 0.25) is 5.91 Å². The van der Waals surface area contributed by atoms with E-state index in [1.165, 1.54) is 0 Å². The van der Waals surface area contributed by atoms with Gasteiger partial charge >= 0.3 is 0 Å². The summed E-state index contributed by atoms with van der Waals surface area (Å²) in [7, 11) is 1.64. The second-order valence-corrected chi connectivity index (χ2v) is 2.75. The van der Waals surface area contributed by atoms with Gasteiger partial charge in [0.15, 0.2) is 0 Å². The Labute approximate surface area is 80.0 Å². The number of carbonyl (C=O) groups excluding carboxylic acids is 1. The number of hydrogen-bond acceptors (Lipinski definition) is 1. The molecule has 0 rings (SSSR count). The molecule has 2 heteroatoms. The van der Waals surface area contributed by atoms with Gasteiger partial charge in [-0.15, -0.1) is 0 Å². The molecule has 0 aromatic carbocycles. The lowest BCUT2D eigenvalue weighted by atomic mass is 10.0. The fourth-order valence-electron chi connectivity index (χ4n) is 1.01. The van der Waals surface area contributed by atoms with Gasteiger partial charge in [-0.3, -0.25) is 4.79 Å². The summed E-state index contributed by atoms with van der Waals surface area (Å²) < 4.78 is 0. The standard InChI is InChI=1S/C11H17NO/c1-5-7-9(3)10(6-2)8-11(13)12-4/h5-7H,1,8H2,2-4H3,(H,12,13)/b9-7-,10-6-. The Kier molecular flexibility index (Phi) is 5.60. The van der Waals surface area contributed by atoms with Crippen molar-refractivity contribution < 1.29 is 4.79 Å². The number of hydrogen-bond donors (Lipinski definition) is 1. The normalized spacial score (nSPS) is 12.5. The first-order valence-corrected chi connectivity index (χ1v) is 4.31. The third-order valence-electron chi connectivity index (χ3n) is 1.85. The maximum Gasteiger partial charge on any atom is 0.224 e. The predicted molar refractivity (Wildman–Crippen MR) is 56.4 cm³/mol. The molecular formula is C11H17NO. The zero-order valence-electron chi connectivity index (χ0n) is 8.55. The first kappa shape index (κ1) is 11.7. The van der Waals surface area contributed by atoms with Crippen molar-refractivity contribution in [1.82, 2.24) is 5.32 Å². The van der Waals surface area contributed by atoms with Crippen molar-refractivity contribution >= 4 is 5.91 Å². The van der Waals surface area contributed by atoms with E-state index in [1.807, 2.05) is 26.0 Å². The minimum absolute atomic E-state index is 0.0323. The Hall–Kier alpha value is -1.31. The molecule has 0 spiro atoms. The van der Waals surface area contributed by atoms with Crippen LogP contribution in [-0.4, -0.2) is 13.0 Å². The molecule has 0 fully saturated rings. The summed E-state index contributed by atoms with van der Waals surface area (Å²) in [6.07, 6.45) is 6.01. The average molecular weight is 179 g/mol. The second-order valence-electron chi connectivity index (χ2n) is 2.75. The lowest BCUT2D eigenvalue weighted by molar-refractivity contribution is -0.119. The quantitative estimate of drug-likeness (QED) is 0.659. The van der Waals surface area contributed by atoms with Crippen LogP contribution < -0.4 is 5.32 Å². The van der Waals surface area contributed by atoms with Crippen LogP contribution in [-0.2, 0) is 4.79 Å². The molecule has 0 unspecified atom stereocenters. The second kappa shape index (κ2) is 6.23. The van der Waals surface area contributed by atoms with Crippen LogP contribution in [0.25, 0.3) is 0 Å². The molecule has 0 aliphatic rings. The lowest BCUT2D eigenvalue weighted by Gasteiger charge is -2.05.